The van der Waals surface area contributed by atoms with E-state index in [2.05, 4.69) is 13.8 Å². The van der Waals surface area contributed by atoms with E-state index in [1.165, 1.54) is 205 Å². The first-order valence-electron chi connectivity index (χ1n) is 21.0. The molecule has 0 aliphatic carbocycles. The topological polar surface area (TPSA) is 40.5 Å². The molecule has 0 rings (SSSR count). The second-order valence-electron chi connectivity index (χ2n) is 14.9. The van der Waals surface area contributed by atoms with Crippen molar-refractivity contribution in [3.05, 3.63) is 0 Å². The Bertz CT molecular complexity index is 468. The number of hydrogen-bond donors (Lipinski definition) is 2. The standard InChI is InChI=1S/C42H86O2/c1-3-5-7-9-11-13-15-17-19-21-23-25-27-29-31-34-38-42(44,40-36-33-37-41-43)39-35-32-30-28-26-24-22-20-18-16-14-12-10-8-6-4-2/h43-44H,3-41H2,1-2H3. The zero-order valence-electron chi connectivity index (χ0n) is 31.0. The van der Waals surface area contributed by atoms with Crippen molar-refractivity contribution >= 4 is 0 Å². The van der Waals surface area contributed by atoms with E-state index in [9.17, 15) is 5.11 Å². The summed E-state index contributed by atoms with van der Waals surface area (Å²) >= 11 is 0. The van der Waals surface area contributed by atoms with Crippen LogP contribution in [0.4, 0.5) is 0 Å². The molecule has 0 aromatic heterocycles. The van der Waals surface area contributed by atoms with Crippen LogP contribution in [0.1, 0.15) is 258 Å². The molecule has 0 saturated heterocycles. The van der Waals surface area contributed by atoms with Gasteiger partial charge in [0.05, 0.1) is 5.60 Å². The fourth-order valence-electron chi connectivity index (χ4n) is 7.12. The van der Waals surface area contributed by atoms with Gasteiger partial charge >= 0.3 is 0 Å². The molecule has 0 bridgehead atoms. The summed E-state index contributed by atoms with van der Waals surface area (Å²) in [6, 6.07) is 0. The van der Waals surface area contributed by atoms with Crippen molar-refractivity contribution in [1.29, 1.82) is 0 Å². The van der Waals surface area contributed by atoms with Crippen LogP contribution < -0.4 is 0 Å². The molecule has 0 spiro atoms. The molecule has 0 saturated carbocycles. The normalized spacial score (nSPS) is 12.0. The second kappa shape index (κ2) is 37.4. The maximum absolute atomic E-state index is 11.5. The fourth-order valence-corrected chi connectivity index (χ4v) is 7.12. The van der Waals surface area contributed by atoms with Crippen molar-refractivity contribution in [3.63, 3.8) is 0 Å². The first-order chi connectivity index (χ1) is 21.7. The average Bonchev–Trinajstić information content (AvgIpc) is 3.03. The van der Waals surface area contributed by atoms with Crippen LogP contribution in [0.5, 0.6) is 0 Å². The predicted octanol–water partition coefficient (Wildman–Crippen LogP) is 14.6. The molecule has 0 heterocycles. The number of unbranched alkanes of at least 4 members (excludes halogenated alkanes) is 32. The van der Waals surface area contributed by atoms with E-state index in [-0.39, 0.29) is 6.61 Å². The summed E-state index contributed by atoms with van der Waals surface area (Å²) in [5, 5.41) is 20.6. The first kappa shape index (κ1) is 43.9. The van der Waals surface area contributed by atoms with E-state index < -0.39 is 5.60 Å². The van der Waals surface area contributed by atoms with Crippen LogP contribution in [0, 0.1) is 0 Å². The third kappa shape index (κ3) is 34.8. The minimum atomic E-state index is -0.457. The van der Waals surface area contributed by atoms with Crippen LogP contribution in [0.15, 0.2) is 0 Å². The van der Waals surface area contributed by atoms with Gasteiger partial charge < -0.3 is 10.2 Å². The number of aliphatic hydroxyl groups is 2. The van der Waals surface area contributed by atoms with Crippen LogP contribution in [0.25, 0.3) is 0 Å². The SMILES string of the molecule is CCCCCCCCCCCCCCCCCCC(O)(CCCCCO)CCCCCCCCCCCCCCCCCC. The molecule has 0 amide bonds. The molecule has 44 heavy (non-hydrogen) atoms. The molecule has 2 nitrogen and oxygen atoms in total. The lowest BCUT2D eigenvalue weighted by molar-refractivity contribution is 0.00682. The molecule has 0 atom stereocenters. The van der Waals surface area contributed by atoms with E-state index >= 15 is 0 Å². The number of rotatable bonds is 39. The number of aliphatic hydroxyl groups excluding tert-OH is 1. The largest absolute Gasteiger partial charge is 0.396 e. The van der Waals surface area contributed by atoms with Gasteiger partial charge in [0.25, 0.3) is 0 Å². The number of hydrogen-bond acceptors (Lipinski definition) is 2. The van der Waals surface area contributed by atoms with Gasteiger partial charge in [0.15, 0.2) is 0 Å². The minimum Gasteiger partial charge on any atom is -0.396 e. The van der Waals surface area contributed by atoms with Gasteiger partial charge in [0, 0.05) is 6.61 Å². The Morgan fingerprint density at radius 3 is 0.659 bits per heavy atom. The lowest BCUT2D eigenvalue weighted by atomic mass is 9.85. The Morgan fingerprint density at radius 1 is 0.273 bits per heavy atom. The molecule has 0 fully saturated rings. The van der Waals surface area contributed by atoms with Gasteiger partial charge in [-0.2, -0.15) is 0 Å². The lowest BCUT2D eigenvalue weighted by Crippen LogP contribution is -2.28. The molecule has 0 unspecified atom stereocenters. The van der Waals surface area contributed by atoms with Crippen LogP contribution in [-0.2, 0) is 0 Å². The molecule has 266 valence electrons. The summed E-state index contributed by atoms with van der Waals surface area (Å²) in [4.78, 5) is 0. The Labute approximate surface area is 279 Å². The molecule has 0 aromatic carbocycles. The van der Waals surface area contributed by atoms with Crippen LogP contribution in [-0.4, -0.2) is 22.4 Å². The van der Waals surface area contributed by atoms with Crippen molar-refractivity contribution in [2.24, 2.45) is 0 Å². The molecule has 0 radical (unpaired) electrons. The summed E-state index contributed by atoms with van der Waals surface area (Å²) in [5.74, 6) is 0. The van der Waals surface area contributed by atoms with Crippen molar-refractivity contribution < 1.29 is 10.2 Å². The zero-order chi connectivity index (χ0) is 32.1. The summed E-state index contributed by atoms with van der Waals surface area (Å²) in [5.41, 5.74) is -0.457. The zero-order valence-corrected chi connectivity index (χ0v) is 31.0. The molecule has 0 aliphatic heterocycles. The van der Waals surface area contributed by atoms with Crippen LogP contribution in [0.2, 0.25) is 0 Å². The Hall–Kier alpha value is -0.0800. The molecule has 2 heteroatoms. The van der Waals surface area contributed by atoms with Gasteiger partial charge in [-0.25, -0.2) is 0 Å². The molecular weight excluding hydrogens is 536 g/mol. The monoisotopic (exact) mass is 623 g/mol. The lowest BCUT2D eigenvalue weighted by Gasteiger charge is -2.28. The van der Waals surface area contributed by atoms with Gasteiger partial charge in [-0.1, -0.05) is 232 Å². The highest BCUT2D eigenvalue weighted by Crippen LogP contribution is 2.29. The first-order valence-corrected chi connectivity index (χ1v) is 21.0. The van der Waals surface area contributed by atoms with E-state index in [1.54, 1.807) is 0 Å². The molecule has 0 aliphatic rings. The fraction of sp³-hybridized carbons (Fsp3) is 1.00. The van der Waals surface area contributed by atoms with Gasteiger partial charge in [-0.3, -0.25) is 0 Å². The molecular formula is C42H86O2. The average molecular weight is 623 g/mol. The van der Waals surface area contributed by atoms with Crippen LogP contribution >= 0.6 is 0 Å². The highest BCUT2D eigenvalue weighted by Gasteiger charge is 2.25. The highest BCUT2D eigenvalue weighted by atomic mass is 16.3. The Morgan fingerprint density at radius 2 is 0.455 bits per heavy atom. The minimum absolute atomic E-state index is 0.288. The quantitative estimate of drug-likeness (QED) is 0.0669. The Balaban J connectivity index is 3.74. The third-order valence-corrected chi connectivity index (χ3v) is 10.3. The van der Waals surface area contributed by atoms with Crippen molar-refractivity contribution in [1.82, 2.24) is 0 Å². The van der Waals surface area contributed by atoms with Crippen molar-refractivity contribution in [2.75, 3.05) is 6.61 Å². The summed E-state index contributed by atoms with van der Waals surface area (Å²) in [6.07, 6.45) is 50.7. The molecule has 0 aromatic rings. The maximum atomic E-state index is 11.5. The predicted molar refractivity (Wildman–Crippen MR) is 199 cm³/mol. The maximum Gasteiger partial charge on any atom is 0.0647 e. The van der Waals surface area contributed by atoms with E-state index in [4.69, 9.17) is 5.11 Å². The van der Waals surface area contributed by atoms with Crippen molar-refractivity contribution in [2.45, 2.75) is 263 Å². The summed E-state index contributed by atoms with van der Waals surface area (Å²) < 4.78 is 0. The third-order valence-electron chi connectivity index (χ3n) is 10.3. The van der Waals surface area contributed by atoms with Gasteiger partial charge in [0.2, 0.25) is 0 Å². The van der Waals surface area contributed by atoms with Gasteiger partial charge in [0.1, 0.15) is 0 Å². The van der Waals surface area contributed by atoms with Crippen LogP contribution in [0.3, 0.4) is 0 Å². The molecule has 2 N–H and O–H groups in total. The van der Waals surface area contributed by atoms with Crippen molar-refractivity contribution in [3.8, 4) is 0 Å². The summed E-state index contributed by atoms with van der Waals surface area (Å²) in [7, 11) is 0. The highest BCUT2D eigenvalue weighted by molar-refractivity contribution is 4.78. The summed E-state index contributed by atoms with van der Waals surface area (Å²) in [6.45, 7) is 4.88. The second-order valence-corrected chi connectivity index (χ2v) is 14.9. The van der Waals surface area contributed by atoms with E-state index in [1.807, 2.05) is 0 Å². The van der Waals surface area contributed by atoms with Gasteiger partial charge in [-0.05, 0) is 25.7 Å². The smallest absolute Gasteiger partial charge is 0.0647 e. The van der Waals surface area contributed by atoms with E-state index in [0.29, 0.717) is 0 Å². The van der Waals surface area contributed by atoms with E-state index in [0.717, 1.165) is 38.5 Å². The van der Waals surface area contributed by atoms with Gasteiger partial charge in [-0.15, -0.1) is 0 Å². The Kier molecular flexibility index (Phi) is 37.3.